The molecule has 0 aliphatic heterocycles. The van der Waals surface area contributed by atoms with E-state index in [2.05, 4.69) is 34.9 Å². The second kappa shape index (κ2) is 5.96. The normalized spacial score (nSPS) is 28.4. The van der Waals surface area contributed by atoms with Crippen LogP contribution in [-0.4, -0.2) is 24.5 Å². The molecule has 0 unspecified atom stereocenters. The SMILES string of the molecule is CC(=O)NC1CCC(NC[C@@H]2Cc3ccccc32)CC1. The molecule has 0 saturated heterocycles. The summed E-state index contributed by atoms with van der Waals surface area (Å²) < 4.78 is 0. The second-order valence-corrected chi connectivity index (χ2v) is 6.26. The first kappa shape index (κ1) is 13.6. The van der Waals surface area contributed by atoms with Gasteiger partial charge >= 0.3 is 0 Å². The number of fused-ring (bicyclic) bond motifs is 1. The smallest absolute Gasteiger partial charge is 0.217 e. The fraction of sp³-hybridized carbons (Fsp3) is 0.588. The van der Waals surface area contributed by atoms with Gasteiger partial charge < -0.3 is 10.6 Å². The maximum atomic E-state index is 11.0. The van der Waals surface area contributed by atoms with E-state index in [1.165, 1.54) is 30.4 Å². The van der Waals surface area contributed by atoms with Gasteiger partial charge in [0.05, 0.1) is 0 Å². The first-order valence-corrected chi connectivity index (χ1v) is 7.80. The van der Waals surface area contributed by atoms with Crippen molar-refractivity contribution in [2.75, 3.05) is 6.54 Å². The van der Waals surface area contributed by atoms with E-state index in [0.717, 1.165) is 19.4 Å². The van der Waals surface area contributed by atoms with Gasteiger partial charge in [-0.15, -0.1) is 0 Å². The van der Waals surface area contributed by atoms with E-state index >= 15 is 0 Å². The number of carbonyl (C=O) groups is 1. The Bertz CT molecular complexity index is 478. The molecule has 3 nitrogen and oxygen atoms in total. The fourth-order valence-electron chi connectivity index (χ4n) is 3.58. The molecule has 3 rings (SSSR count). The van der Waals surface area contributed by atoms with Crippen LogP contribution in [-0.2, 0) is 11.2 Å². The minimum absolute atomic E-state index is 0.104. The molecule has 0 aromatic heterocycles. The van der Waals surface area contributed by atoms with Crippen molar-refractivity contribution < 1.29 is 4.79 Å². The Labute approximate surface area is 121 Å². The topological polar surface area (TPSA) is 41.1 Å². The third kappa shape index (κ3) is 3.04. The van der Waals surface area contributed by atoms with Gasteiger partial charge in [0.25, 0.3) is 0 Å². The van der Waals surface area contributed by atoms with Crippen molar-refractivity contribution in [2.45, 2.75) is 57.0 Å². The number of benzene rings is 1. The minimum Gasteiger partial charge on any atom is -0.354 e. The maximum absolute atomic E-state index is 11.0. The zero-order valence-corrected chi connectivity index (χ0v) is 12.2. The average molecular weight is 272 g/mol. The van der Waals surface area contributed by atoms with Gasteiger partial charge in [-0.3, -0.25) is 4.79 Å². The molecule has 3 heteroatoms. The molecule has 0 bridgehead atoms. The van der Waals surface area contributed by atoms with E-state index in [0.29, 0.717) is 18.0 Å². The Hall–Kier alpha value is -1.35. The number of carbonyl (C=O) groups excluding carboxylic acids is 1. The summed E-state index contributed by atoms with van der Waals surface area (Å²) in [6.45, 7) is 2.71. The summed E-state index contributed by atoms with van der Waals surface area (Å²) in [6.07, 6.45) is 5.81. The third-order valence-electron chi connectivity index (χ3n) is 4.75. The molecule has 2 aliphatic rings. The summed E-state index contributed by atoms with van der Waals surface area (Å²) in [5, 5.41) is 6.76. The van der Waals surface area contributed by atoms with Gasteiger partial charge in [-0.25, -0.2) is 0 Å². The zero-order valence-electron chi connectivity index (χ0n) is 12.2. The van der Waals surface area contributed by atoms with Crippen molar-refractivity contribution >= 4 is 5.91 Å². The van der Waals surface area contributed by atoms with Crippen LogP contribution in [0.5, 0.6) is 0 Å². The van der Waals surface area contributed by atoms with Crippen LogP contribution in [0.4, 0.5) is 0 Å². The quantitative estimate of drug-likeness (QED) is 0.883. The largest absolute Gasteiger partial charge is 0.354 e. The summed E-state index contributed by atoms with van der Waals surface area (Å²) in [6, 6.07) is 9.81. The van der Waals surface area contributed by atoms with E-state index in [-0.39, 0.29) is 5.91 Å². The zero-order chi connectivity index (χ0) is 13.9. The molecule has 2 aliphatic carbocycles. The van der Waals surface area contributed by atoms with Crippen molar-refractivity contribution in [1.82, 2.24) is 10.6 Å². The molecular weight excluding hydrogens is 248 g/mol. The Balaban J connectivity index is 1.40. The van der Waals surface area contributed by atoms with Crippen LogP contribution < -0.4 is 10.6 Å². The van der Waals surface area contributed by atoms with Gasteiger partial charge in [-0.2, -0.15) is 0 Å². The maximum Gasteiger partial charge on any atom is 0.217 e. The van der Waals surface area contributed by atoms with Crippen LogP contribution in [0.15, 0.2) is 24.3 Å². The average Bonchev–Trinajstić information content (AvgIpc) is 2.41. The first-order chi connectivity index (χ1) is 9.72. The summed E-state index contributed by atoms with van der Waals surface area (Å²) in [4.78, 5) is 11.0. The van der Waals surface area contributed by atoms with Crippen molar-refractivity contribution in [3.63, 3.8) is 0 Å². The number of hydrogen-bond donors (Lipinski definition) is 2. The van der Waals surface area contributed by atoms with Gasteiger partial charge in [0.15, 0.2) is 0 Å². The molecule has 2 N–H and O–H groups in total. The van der Waals surface area contributed by atoms with Gasteiger partial charge in [-0.1, -0.05) is 24.3 Å². The van der Waals surface area contributed by atoms with Crippen molar-refractivity contribution in [3.8, 4) is 0 Å². The number of hydrogen-bond acceptors (Lipinski definition) is 2. The van der Waals surface area contributed by atoms with Crippen LogP contribution in [0.1, 0.15) is 49.7 Å². The van der Waals surface area contributed by atoms with Crippen LogP contribution in [0.25, 0.3) is 0 Å². The Kier molecular flexibility index (Phi) is 4.06. The lowest BCUT2D eigenvalue weighted by Gasteiger charge is -2.34. The number of amides is 1. The molecule has 1 amide bonds. The van der Waals surface area contributed by atoms with Gasteiger partial charge in [0, 0.05) is 31.5 Å². The minimum atomic E-state index is 0.104. The fourth-order valence-corrected chi connectivity index (χ4v) is 3.58. The molecule has 1 atom stereocenters. The lowest BCUT2D eigenvalue weighted by molar-refractivity contribution is -0.119. The highest BCUT2D eigenvalue weighted by Gasteiger charge is 2.27. The van der Waals surface area contributed by atoms with E-state index in [1.807, 2.05) is 0 Å². The van der Waals surface area contributed by atoms with Crippen LogP contribution in [0.3, 0.4) is 0 Å². The molecule has 108 valence electrons. The highest BCUT2D eigenvalue weighted by atomic mass is 16.1. The van der Waals surface area contributed by atoms with Gasteiger partial charge in [0.1, 0.15) is 0 Å². The molecule has 1 saturated carbocycles. The number of rotatable bonds is 4. The molecule has 1 aromatic rings. The highest BCUT2D eigenvalue weighted by molar-refractivity contribution is 5.73. The first-order valence-electron chi connectivity index (χ1n) is 7.80. The predicted molar refractivity (Wildman–Crippen MR) is 80.8 cm³/mol. The van der Waals surface area contributed by atoms with E-state index < -0.39 is 0 Å². The van der Waals surface area contributed by atoms with Crippen molar-refractivity contribution in [1.29, 1.82) is 0 Å². The second-order valence-electron chi connectivity index (χ2n) is 6.26. The third-order valence-corrected chi connectivity index (χ3v) is 4.75. The number of nitrogens with one attached hydrogen (secondary N) is 2. The predicted octanol–water partition coefficient (Wildman–Crippen LogP) is 2.36. The van der Waals surface area contributed by atoms with Gasteiger partial charge in [0.2, 0.25) is 5.91 Å². The molecule has 1 fully saturated rings. The summed E-state index contributed by atoms with van der Waals surface area (Å²) >= 11 is 0. The monoisotopic (exact) mass is 272 g/mol. The van der Waals surface area contributed by atoms with Crippen LogP contribution in [0.2, 0.25) is 0 Å². The highest BCUT2D eigenvalue weighted by Crippen LogP contribution is 2.34. The van der Waals surface area contributed by atoms with Crippen LogP contribution >= 0.6 is 0 Å². The van der Waals surface area contributed by atoms with E-state index in [9.17, 15) is 4.79 Å². The van der Waals surface area contributed by atoms with Crippen LogP contribution in [0, 0.1) is 0 Å². The molecule has 20 heavy (non-hydrogen) atoms. The van der Waals surface area contributed by atoms with Crippen molar-refractivity contribution in [2.24, 2.45) is 0 Å². The molecule has 0 spiro atoms. The lowest BCUT2D eigenvalue weighted by atomic mass is 9.77. The van der Waals surface area contributed by atoms with Gasteiger partial charge in [-0.05, 0) is 43.2 Å². The standard InChI is InChI=1S/C17H24N2O/c1-12(20)19-16-8-6-15(7-9-16)18-11-14-10-13-4-2-3-5-17(13)14/h2-5,14-16,18H,6-11H2,1H3,(H,19,20)/t14-,15?,16?/m0/s1. The summed E-state index contributed by atoms with van der Waals surface area (Å²) in [5.74, 6) is 0.812. The van der Waals surface area contributed by atoms with E-state index in [1.54, 1.807) is 6.92 Å². The molecule has 0 heterocycles. The summed E-state index contributed by atoms with van der Waals surface area (Å²) in [7, 11) is 0. The summed E-state index contributed by atoms with van der Waals surface area (Å²) in [5.41, 5.74) is 3.06. The Morgan fingerprint density at radius 2 is 1.85 bits per heavy atom. The molecular formula is C17H24N2O. The van der Waals surface area contributed by atoms with Crippen molar-refractivity contribution in [3.05, 3.63) is 35.4 Å². The molecule has 1 aromatic carbocycles. The Morgan fingerprint density at radius 1 is 1.15 bits per heavy atom. The lowest BCUT2D eigenvalue weighted by Crippen LogP contribution is -2.43. The Morgan fingerprint density at radius 3 is 2.55 bits per heavy atom. The molecule has 0 radical (unpaired) electrons. The van der Waals surface area contributed by atoms with E-state index in [4.69, 9.17) is 0 Å².